The smallest absolute Gasteiger partial charge is 0.416 e. The lowest BCUT2D eigenvalue weighted by Crippen LogP contribution is -2.42. The number of amides is 1. The first-order valence-electron chi connectivity index (χ1n) is 7.51. The Morgan fingerprint density at radius 1 is 1.38 bits per heavy atom. The lowest BCUT2D eigenvalue weighted by molar-refractivity contribution is -0.142. The molecule has 0 radical (unpaired) electrons. The van der Waals surface area contributed by atoms with Gasteiger partial charge in [0.05, 0.1) is 11.5 Å². The zero-order chi connectivity index (χ0) is 18.3. The number of hydrogen-bond acceptors (Lipinski definition) is 2. The minimum absolute atomic E-state index is 0.170. The second-order valence-corrected chi connectivity index (χ2v) is 5.35. The van der Waals surface area contributed by atoms with Crippen LogP contribution in [0.3, 0.4) is 0 Å². The van der Waals surface area contributed by atoms with Gasteiger partial charge in [-0.05, 0) is 30.9 Å². The Kier molecular flexibility index (Phi) is 7.00. The van der Waals surface area contributed by atoms with Gasteiger partial charge in [-0.25, -0.2) is 4.79 Å². The molecule has 0 aliphatic rings. The van der Waals surface area contributed by atoms with Crippen molar-refractivity contribution in [1.82, 2.24) is 5.32 Å². The molecular weight excluding hydrogens is 323 g/mol. The van der Waals surface area contributed by atoms with Crippen molar-refractivity contribution in [2.24, 2.45) is 0 Å². The summed E-state index contributed by atoms with van der Waals surface area (Å²) in [5.41, 5.74) is -0.634. The molecule has 0 heterocycles. The van der Waals surface area contributed by atoms with Crippen molar-refractivity contribution in [2.75, 3.05) is 0 Å². The number of rotatable bonds is 8. The zero-order valence-electron chi connectivity index (χ0n) is 13.3. The molecule has 0 saturated carbocycles. The highest BCUT2D eigenvalue weighted by Crippen LogP contribution is 2.31. The first-order chi connectivity index (χ1) is 11.2. The molecular formula is C17H20F3NO3. The molecule has 0 aliphatic carbocycles. The van der Waals surface area contributed by atoms with Crippen molar-refractivity contribution in [1.29, 1.82) is 0 Å². The highest BCUT2D eigenvalue weighted by molar-refractivity contribution is 5.88. The highest BCUT2D eigenvalue weighted by atomic mass is 19.4. The van der Waals surface area contributed by atoms with E-state index in [1.807, 2.05) is 0 Å². The summed E-state index contributed by atoms with van der Waals surface area (Å²) in [6, 6.07) is 3.42. The van der Waals surface area contributed by atoms with Gasteiger partial charge in [-0.15, -0.1) is 6.58 Å². The summed E-state index contributed by atoms with van der Waals surface area (Å²) in [5.74, 6) is -2.64. The molecule has 0 spiro atoms. The van der Waals surface area contributed by atoms with Crippen LogP contribution in [0.5, 0.6) is 0 Å². The van der Waals surface area contributed by atoms with Crippen molar-refractivity contribution in [3.63, 3.8) is 0 Å². The molecule has 4 nitrogen and oxygen atoms in total. The number of nitrogens with one attached hydrogen (secondary N) is 1. The van der Waals surface area contributed by atoms with Gasteiger partial charge in [0.1, 0.15) is 6.04 Å². The number of aliphatic carboxylic acids is 1. The summed E-state index contributed by atoms with van der Waals surface area (Å²) in [6.07, 6.45) is -2.15. The minimum Gasteiger partial charge on any atom is -0.480 e. The third kappa shape index (κ3) is 5.40. The van der Waals surface area contributed by atoms with Gasteiger partial charge in [0.2, 0.25) is 5.91 Å². The Morgan fingerprint density at radius 3 is 2.54 bits per heavy atom. The molecule has 2 atom stereocenters. The fourth-order valence-electron chi connectivity index (χ4n) is 2.32. The van der Waals surface area contributed by atoms with Gasteiger partial charge in [-0.3, -0.25) is 4.79 Å². The van der Waals surface area contributed by atoms with E-state index >= 15 is 0 Å². The fourth-order valence-corrected chi connectivity index (χ4v) is 2.32. The number of carbonyl (C=O) groups is 2. The molecule has 1 aromatic carbocycles. The molecule has 1 rings (SSSR count). The Morgan fingerprint density at radius 2 is 2.04 bits per heavy atom. The summed E-state index contributed by atoms with van der Waals surface area (Å²) in [6.45, 7) is 5.15. The van der Waals surface area contributed by atoms with Crippen LogP contribution in [0, 0.1) is 0 Å². The number of benzene rings is 1. The minimum atomic E-state index is -4.50. The van der Waals surface area contributed by atoms with Crippen LogP contribution in [0.4, 0.5) is 13.2 Å². The molecule has 2 unspecified atom stereocenters. The van der Waals surface area contributed by atoms with Crippen LogP contribution >= 0.6 is 0 Å². The van der Waals surface area contributed by atoms with Gasteiger partial charge in [0.25, 0.3) is 0 Å². The maximum atomic E-state index is 12.8. The van der Waals surface area contributed by atoms with E-state index in [1.165, 1.54) is 18.2 Å². The first kappa shape index (κ1) is 19.7. The van der Waals surface area contributed by atoms with Crippen LogP contribution in [0.1, 0.15) is 43.2 Å². The van der Waals surface area contributed by atoms with Gasteiger partial charge in [0.15, 0.2) is 0 Å². The molecule has 0 aromatic heterocycles. The summed E-state index contributed by atoms with van der Waals surface area (Å²) < 4.78 is 38.4. The van der Waals surface area contributed by atoms with Gasteiger partial charge in [-0.2, -0.15) is 13.2 Å². The topological polar surface area (TPSA) is 66.4 Å². The van der Waals surface area contributed by atoms with Crippen LogP contribution in [0.15, 0.2) is 36.9 Å². The zero-order valence-corrected chi connectivity index (χ0v) is 13.3. The molecule has 1 amide bonds. The first-order valence-corrected chi connectivity index (χ1v) is 7.51. The molecule has 0 fully saturated rings. The summed E-state index contributed by atoms with van der Waals surface area (Å²) in [7, 11) is 0. The van der Waals surface area contributed by atoms with Crippen LogP contribution in [-0.4, -0.2) is 23.0 Å². The highest BCUT2D eigenvalue weighted by Gasteiger charge is 2.32. The predicted octanol–water partition coefficient (Wildman–Crippen LogP) is 3.73. The summed E-state index contributed by atoms with van der Waals surface area (Å²) in [5, 5.41) is 11.5. The van der Waals surface area contributed by atoms with Gasteiger partial charge >= 0.3 is 12.1 Å². The molecule has 24 heavy (non-hydrogen) atoms. The van der Waals surface area contributed by atoms with Gasteiger partial charge in [0, 0.05) is 0 Å². The predicted molar refractivity (Wildman–Crippen MR) is 83.5 cm³/mol. The van der Waals surface area contributed by atoms with Crippen LogP contribution in [0.2, 0.25) is 0 Å². The number of alkyl halides is 3. The second kappa shape index (κ2) is 8.52. The Labute approximate surface area is 138 Å². The largest absolute Gasteiger partial charge is 0.480 e. The standard InChI is InChI=1S/C17H20F3NO3/c1-3-5-9-14(16(23)24)21-15(22)13(4-2)11-7-6-8-12(10-11)17(18,19)20/h3,6-8,10,13-14H,1,4-5,9H2,2H3,(H,21,22)(H,23,24). The molecule has 132 valence electrons. The lowest BCUT2D eigenvalue weighted by Gasteiger charge is -2.20. The van der Waals surface area contributed by atoms with Crippen LogP contribution in [-0.2, 0) is 15.8 Å². The fraction of sp³-hybridized carbons (Fsp3) is 0.412. The van der Waals surface area contributed by atoms with E-state index in [0.717, 1.165) is 12.1 Å². The molecule has 2 N–H and O–H groups in total. The number of carbonyl (C=O) groups excluding carboxylic acids is 1. The third-order valence-electron chi connectivity index (χ3n) is 3.62. The van der Waals surface area contributed by atoms with Crippen molar-refractivity contribution in [2.45, 2.75) is 44.3 Å². The molecule has 0 bridgehead atoms. The van der Waals surface area contributed by atoms with E-state index < -0.39 is 35.6 Å². The number of carboxylic acids is 1. The summed E-state index contributed by atoms with van der Waals surface area (Å²) in [4.78, 5) is 23.5. The molecule has 7 heteroatoms. The van der Waals surface area contributed by atoms with Crippen LogP contribution in [0.25, 0.3) is 0 Å². The average Bonchev–Trinajstić information content (AvgIpc) is 2.51. The van der Waals surface area contributed by atoms with Gasteiger partial charge in [-0.1, -0.05) is 31.2 Å². The Bertz CT molecular complexity index is 599. The van der Waals surface area contributed by atoms with Crippen molar-refractivity contribution < 1.29 is 27.9 Å². The monoisotopic (exact) mass is 343 g/mol. The normalized spacial score (nSPS) is 13.8. The van der Waals surface area contributed by atoms with E-state index in [4.69, 9.17) is 5.11 Å². The number of halogens is 3. The van der Waals surface area contributed by atoms with E-state index in [1.54, 1.807) is 6.92 Å². The molecule has 0 aliphatic heterocycles. The average molecular weight is 343 g/mol. The quantitative estimate of drug-likeness (QED) is 0.707. The number of allylic oxidation sites excluding steroid dienone is 1. The van der Waals surface area contributed by atoms with Crippen molar-refractivity contribution in [3.05, 3.63) is 48.0 Å². The summed E-state index contributed by atoms with van der Waals surface area (Å²) >= 11 is 0. The van der Waals surface area contributed by atoms with Crippen molar-refractivity contribution in [3.8, 4) is 0 Å². The lowest BCUT2D eigenvalue weighted by atomic mass is 9.93. The van der Waals surface area contributed by atoms with E-state index in [-0.39, 0.29) is 18.4 Å². The maximum absolute atomic E-state index is 12.8. The van der Waals surface area contributed by atoms with E-state index in [0.29, 0.717) is 6.42 Å². The van der Waals surface area contributed by atoms with Crippen LogP contribution < -0.4 is 5.32 Å². The van der Waals surface area contributed by atoms with Crippen molar-refractivity contribution >= 4 is 11.9 Å². The van der Waals surface area contributed by atoms with E-state index in [9.17, 15) is 22.8 Å². The van der Waals surface area contributed by atoms with E-state index in [2.05, 4.69) is 11.9 Å². The second-order valence-electron chi connectivity index (χ2n) is 5.35. The Balaban J connectivity index is 2.97. The maximum Gasteiger partial charge on any atom is 0.416 e. The molecule has 1 aromatic rings. The third-order valence-corrected chi connectivity index (χ3v) is 3.62. The number of hydrogen-bond donors (Lipinski definition) is 2. The molecule has 0 saturated heterocycles. The Hall–Kier alpha value is -2.31. The SMILES string of the molecule is C=CCCC(NC(=O)C(CC)c1cccc(C(F)(F)F)c1)C(=O)O. The number of carboxylic acid groups (broad SMARTS) is 1. The van der Waals surface area contributed by atoms with Gasteiger partial charge < -0.3 is 10.4 Å².